The number of aliphatic hydroxyl groups is 1. The van der Waals surface area contributed by atoms with Gasteiger partial charge in [0.05, 0.1) is 22.7 Å². The Morgan fingerprint density at radius 2 is 1.76 bits per heavy atom. The van der Waals surface area contributed by atoms with Gasteiger partial charge in [-0.2, -0.15) is 0 Å². The van der Waals surface area contributed by atoms with E-state index >= 15 is 0 Å². The number of nitrogens with one attached hydrogen (secondary N) is 1. The molecule has 0 bridgehead atoms. The smallest absolute Gasteiger partial charge is 0.316 e. The highest BCUT2D eigenvalue weighted by Gasteiger charge is 2.27. The first-order chi connectivity index (χ1) is 16.2. The molecule has 7 nitrogen and oxygen atoms in total. The summed E-state index contributed by atoms with van der Waals surface area (Å²) < 4.78 is 7.61. The average Bonchev–Trinajstić information content (AvgIpc) is 3.24. The summed E-state index contributed by atoms with van der Waals surface area (Å²) in [5, 5.41) is 14.3. The van der Waals surface area contributed by atoms with E-state index in [4.69, 9.17) is 4.74 Å². The Balaban J connectivity index is 1.98. The lowest BCUT2D eigenvalue weighted by atomic mass is 9.97. The number of fused-ring (bicyclic) bond motifs is 1. The highest BCUT2D eigenvalue weighted by Crippen LogP contribution is 2.30. The summed E-state index contributed by atoms with van der Waals surface area (Å²) in [6.07, 6.45) is 1.17. The first-order valence-corrected chi connectivity index (χ1v) is 11.8. The van der Waals surface area contributed by atoms with Gasteiger partial charge in [0.2, 0.25) is 0 Å². The molecule has 1 unspecified atom stereocenters. The first kappa shape index (κ1) is 25.5. The van der Waals surface area contributed by atoms with Crippen LogP contribution in [0.3, 0.4) is 0 Å². The second-order valence-electron chi connectivity index (χ2n) is 9.38. The minimum Gasteiger partial charge on any atom is -0.425 e. The maximum absolute atomic E-state index is 13.4. The predicted molar refractivity (Wildman–Crippen MR) is 134 cm³/mol. The number of likely N-dealkylation sites (N-methyl/N-ethyl adjacent to an activating group) is 1. The maximum atomic E-state index is 13.4. The molecule has 0 saturated heterocycles. The van der Waals surface area contributed by atoms with Crippen molar-refractivity contribution in [3.05, 3.63) is 60.3 Å². The van der Waals surface area contributed by atoms with Crippen molar-refractivity contribution in [1.29, 1.82) is 0 Å². The van der Waals surface area contributed by atoms with Gasteiger partial charge >= 0.3 is 5.97 Å². The first-order valence-electron chi connectivity index (χ1n) is 11.8. The lowest BCUT2D eigenvalue weighted by Crippen LogP contribution is -2.40. The number of rotatable bonds is 9. The van der Waals surface area contributed by atoms with Crippen LogP contribution in [0.15, 0.2) is 54.7 Å². The summed E-state index contributed by atoms with van der Waals surface area (Å²) in [4.78, 5) is 28.2. The Labute approximate surface area is 201 Å². The zero-order chi connectivity index (χ0) is 24.9. The van der Waals surface area contributed by atoms with Gasteiger partial charge < -0.3 is 24.6 Å². The van der Waals surface area contributed by atoms with Crippen molar-refractivity contribution in [1.82, 2.24) is 14.8 Å². The van der Waals surface area contributed by atoms with Crippen molar-refractivity contribution in [2.75, 3.05) is 26.2 Å². The number of aromatic nitrogens is 1. The molecule has 34 heavy (non-hydrogen) atoms. The minimum absolute atomic E-state index is 0.0861. The Morgan fingerprint density at radius 1 is 1.06 bits per heavy atom. The van der Waals surface area contributed by atoms with Crippen molar-refractivity contribution < 1.29 is 19.4 Å². The molecule has 0 aliphatic heterocycles. The van der Waals surface area contributed by atoms with Crippen LogP contribution in [0, 0.1) is 5.41 Å². The van der Waals surface area contributed by atoms with Gasteiger partial charge in [0.25, 0.3) is 5.91 Å². The summed E-state index contributed by atoms with van der Waals surface area (Å²) in [7, 11) is 0. The number of ether oxygens (including phenoxy) is 1. The Kier molecular flexibility index (Phi) is 8.12. The summed E-state index contributed by atoms with van der Waals surface area (Å²) in [6.45, 7) is 11.5. The van der Waals surface area contributed by atoms with Crippen LogP contribution >= 0.6 is 0 Å². The standard InChI is InChI=1S/C27H35N3O4/c1-6-29(7-2)18-20(31)17-28-25(32)24-22(30-16-15-19-11-8-9-12-21(19)30)13-10-14-23(24)34-26(33)27(3,4)5/h8-16,20,31H,6-7,17-18H2,1-5H3,(H,28,32). The number of carbonyl (C=O) groups excluding carboxylic acids is 2. The van der Waals surface area contributed by atoms with Gasteiger partial charge in [-0.1, -0.05) is 38.1 Å². The van der Waals surface area contributed by atoms with Gasteiger partial charge in [0, 0.05) is 19.3 Å². The molecule has 1 atom stereocenters. The molecule has 0 radical (unpaired) electrons. The number of hydrogen-bond donors (Lipinski definition) is 2. The average molecular weight is 466 g/mol. The van der Waals surface area contributed by atoms with Gasteiger partial charge in [0.15, 0.2) is 0 Å². The van der Waals surface area contributed by atoms with E-state index in [0.29, 0.717) is 12.2 Å². The van der Waals surface area contributed by atoms with Crippen LogP contribution in [0.5, 0.6) is 5.75 Å². The van der Waals surface area contributed by atoms with E-state index < -0.39 is 23.4 Å². The molecule has 0 saturated carbocycles. The monoisotopic (exact) mass is 465 g/mol. The second kappa shape index (κ2) is 10.8. The molecule has 3 aromatic rings. The lowest BCUT2D eigenvalue weighted by molar-refractivity contribution is -0.143. The molecule has 1 heterocycles. The number of amides is 1. The van der Waals surface area contributed by atoms with E-state index in [1.54, 1.807) is 32.9 Å². The fraction of sp³-hybridized carbons (Fsp3) is 0.407. The molecular formula is C27H35N3O4. The highest BCUT2D eigenvalue weighted by molar-refractivity contribution is 6.02. The fourth-order valence-electron chi connectivity index (χ4n) is 3.72. The van der Waals surface area contributed by atoms with Crippen LogP contribution in [0.25, 0.3) is 16.6 Å². The van der Waals surface area contributed by atoms with Crippen molar-refractivity contribution in [3.63, 3.8) is 0 Å². The minimum atomic E-state index is -0.732. The molecular weight excluding hydrogens is 430 g/mol. The number of nitrogens with zero attached hydrogens (tertiary/aromatic N) is 2. The quantitative estimate of drug-likeness (QED) is 0.368. The van der Waals surface area contributed by atoms with Crippen LogP contribution in [0.2, 0.25) is 0 Å². The molecule has 182 valence electrons. The Bertz CT molecular complexity index is 1140. The van der Waals surface area contributed by atoms with Gasteiger partial charge in [-0.15, -0.1) is 0 Å². The van der Waals surface area contributed by atoms with Crippen molar-refractivity contribution in [2.24, 2.45) is 5.41 Å². The van der Waals surface area contributed by atoms with E-state index in [9.17, 15) is 14.7 Å². The third-order valence-corrected chi connectivity index (χ3v) is 5.77. The van der Waals surface area contributed by atoms with E-state index in [-0.39, 0.29) is 17.9 Å². The topological polar surface area (TPSA) is 83.8 Å². The van der Waals surface area contributed by atoms with Crippen molar-refractivity contribution in [2.45, 2.75) is 40.7 Å². The number of carbonyl (C=O) groups is 2. The van der Waals surface area contributed by atoms with Crippen LogP contribution in [0.4, 0.5) is 0 Å². The summed E-state index contributed by atoms with van der Waals surface area (Å²) in [6, 6.07) is 15.0. The van der Waals surface area contributed by atoms with E-state index in [2.05, 4.69) is 10.2 Å². The molecule has 0 fully saturated rings. The van der Waals surface area contributed by atoms with Crippen LogP contribution in [-0.2, 0) is 4.79 Å². The summed E-state index contributed by atoms with van der Waals surface area (Å²) in [5.41, 5.74) is 1.04. The molecule has 1 amide bonds. The predicted octanol–water partition coefficient (Wildman–Crippen LogP) is 4.01. The van der Waals surface area contributed by atoms with Crippen molar-refractivity contribution in [3.8, 4) is 11.4 Å². The molecule has 3 rings (SSSR count). The van der Waals surface area contributed by atoms with Gasteiger partial charge in [0.1, 0.15) is 11.3 Å². The normalized spacial score (nSPS) is 12.7. The van der Waals surface area contributed by atoms with Gasteiger partial charge in [-0.05, 0) is 63.5 Å². The molecule has 0 aliphatic carbocycles. The highest BCUT2D eigenvalue weighted by atomic mass is 16.5. The largest absolute Gasteiger partial charge is 0.425 e. The molecule has 0 aliphatic rings. The van der Waals surface area contributed by atoms with Crippen molar-refractivity contribution >= 4 is 22.8 Å². The molecule has 7 heteroatoms. The maximum Gasteiger partial charge on any atom is 0.316 e. The number of benzene rings is 2. The Hall–Kier alpha value is -3.16. The zero-order valence-corrected chi connectivity index (χ0v) is 20.7. The van der Waals surface area contributed by atoms with Crippen LogP contribution in [-0.4, -0.2) is 58.7 Å². The number of aliphatic hydroxyl groups excluding tert-OH is 1. The van der Waals surface area contributed by atoms with Crippen LogP contribution in [0.1, 0.15) is 45.0 Å². The Morgan fingerprint density at radius 3 is 2.44 bits per heavy atom. The molecule has 2 N–H and O–H groups in total. The van der Waals surface area contributed by atoms with Gasteiger partial charge in [-0.25, -0.2) is 0 Å². The molecule has 0 spiro atoms. The number of para-hydroxylation sites is 1. The van der Waals surface area contributed by atoms with E-state index in [0.717, 1.165) is 24.0 Å². The second-order valence-corrected chi connectivity index (χ2v) is 9.38. The summed E-state index contributed by atoms with van der Waals surface area (Å²) in [5.74, 6) is -0.660. The SMILES string of the molecule is CCN(CC)CC(O)CNC(=O)c1c(OC(=O)C(C)(C)C)cccc1-n1ccc2ccccc21. The summed E-state index contributed by atoms with van der Waals surface area (Å²) >= 11 is 0. The number of hydrogen-bond acceptors (Lipinski definition) is 5. The van der Waals surface area contributed by atoms with E-state index in [1.165, 1.54) is 0 Å². The van der Waals surface area contributed by atoms with Gasteiger partial charge in [-0.3, -0.25) is 9.59 Å². The third kappa shape index (κ3) is 5.85. The fourth-order valence-corrected chi connectivity index (χ4v) is 3.72. The molecule has 1 aromatic heterocycles. The van der Waals surface area contributed by atoms with Crippen LogP contribution < -0.4 is 10.1 Å². The zero-order valence-electron chi connectivity index (χ0n) is 20.7. The lowest BCUT2D eigenvalue weighted by Gasteiger charge is -2.23. The molecule has 2 aromatic carbocycles. The third-order valence-electron chi connectivity index (χ3n) is 5.77. The number of esters is 1. The van der Waals surface area contributed by atoms with E-state index in [1.807, 2.05) is 61.0 Å².